The topological polar surface area (TPSA) is 29.0 Å². The van der Waals surface area contributed by atoms with Crippen molar-refractivity contribution in [3.05, 3.63) is 58.1 Å². The van der Waals surface area contributed by atoms with Crippen LogP contribution in [0.5, 0.6) is 0 Å². The van der Waals surface area contributed by atoms with Crippen LogP contribution >= 0.6 is 11.6 Å². The van der Waals surface area contributed by atoms with Gasteiger partial charge in [-0.3, -0.25) is 4.90 Å². The third-order valence-electron chi connectivity index (χ3n) is 2.85. The van der Waals surface area contributed by atoms with E-state index in [0.29, 0.717) is 11.7 Å². The number of nitrogens with zero attached hydrogens (tertiary/aromatic N) is 3. The molecule has 0 radical (unpaired) electrons. The molecule has 0 N–H and O–H groups in total. The van der Waals surface area contributed by atoms with Crippen LogP contribution in [0.1, 0.15) is 22.6 Å². The first-order chi connectivity index (χ1) is 9.02. The van der Waals surface area contributed by atoms with E-state index in [-0.39, 0.29) is 0 Å². The highest BCUT2D eigenvalue weighted by Gasteiger charge is 2.06. The van der Waals surface area contributed by atoms with Gasteiger partial charge in [0.15, 0.2) is 0 Å². The molecular weight excluding hydrogens is 258 g/mol. The maximum atomic E-state index is 5.94. The normalized spacial score (nSPS) is 11.0. The van der Waals surface area contributed by atoms with Crippen molar-refractivity contribution in [2.75, 3.05) is 7.05 Å². The van der Waals surface area contributed by atoms with Gasteiger partial charge in [0, 0.05) is 12.2 Å². The predicted octanol–water partition coefficient (Wildman–Crippen LogP) is 3.38. The van der Waals surface area contributed by atoms with Crippen molar-refractivity contribution >= 4 is 11.6 Å². The van der Waals surface area contributed by atoms with E-state index in [0.717, 1.165) is 18.1 Å². The standard InChI is InChI=1S/C15H18ClN3/c1-11-4-6-13(7-5-11)9-19(3)10-15-17-12(2)8-14(16)18-15/h4-8H,9-10H2,1-3H3. The van der Waals surface area contributed by atoms with E-state index in [4.69, 9.17) is 11.6 Å². The quantitative estimate of drug-likeness (QED) is 0.801. The minimum atomic E-state index is 0.506. The second kappa shape index (κ2) is 6.13. The molecule has 0 atom stereocenters. The molecule has 1 aromatic carbocycles. The first kappa shape index (κ1) is 14.0. The molecule has 0 fully saturated rings. The summed E-state index contributed by atoms with van der Waals surface area (Å²) in [4.78, 5) is 10.8. The molecule has 0 aliphatic heterocycles. The lowest BCUT2D eigenvalue weighted by atomic mass is 10.1. The Kier molecular flexibility index (Phi) is 4.51. The van der Waals surface area contributed by atoms with Crippen LogP contribution in [0.2, 0.25) is 5.15 Å². The van der Waals surface area contributed by atoms with E-state index in [1.807, 2.05) is 6.92 Å². The summed E-state index contributed by atoms with van der Waals surface area (Å²) in [7, 11) is 2.06. The van der Waals surface area contributed by atoms with Gasteiger partial charge in [-0.05, 0) is 32.5 Å². The molecule has 0 aliphatic rings. The second-order valence-electron chi connectivity index (χ2n) is 4.91. The van der Waals surface area contributed by atoms with Crippen LogP contribution in [0.25, 0.3) is 0 Å². The van der Waals surface area contributed by atoms with Gasteiger partial charge in [-0.25, -0.2) is 9.97 Å². The Labute approximate surface area is 119 Å². The molecule has 0 spiro atoms. The summed E-state index contributed by atoms with van der Waals surface area (Å²) in [6.07, 6.45) is 0. The van der Waals surface area contributed by atoms with Gasteiger partial charge in [0.1, 0.15) is 11.0 Å². The maximum Gasteiger partial charge on any atom is 0.144 e. The van der Waals surface area contributed by atoms with Crippen molar-refractivity contribution in [3.63, 3.8) is 0 Å². The van der Waals surface area contributed by atoms with Gasteiger partial charge in [-0.1, -0.05) is 41.4 Å². The van der Waals surface area contributed by atoms with Crippen molar-refractivity contribution < 1.29 is 0 Å². The fourth-order valence-electron chi connectivity index (χ4n) is 1.96. The molecule has 2 aromatic rings. The first-order valence-corrected chi connectivity index (χ1v) is 6.65. The lowest BCUT2D eigenvalue weighted by Gasteiger charge is -2.16. The minimum Gasteiger partial charge on any atom is -0.295 e. The molecule has 1 aromatic heterocycles. The van der Waals surface area contributed by atoms with Crippen molar-refractivity contribution in [3.8, 4) is 0 Å². The maximum absolute atomic E-state index is 5.94. The fourth-order valence-corrected chi connectivity index (χ4v) is 2.22. The number of aryl methyl sites for hydroxylation is 2. The molecule has 2 rings (SSSR count). The van der Waals surface area contributed by atoms with Gasteiger partial charge >= 0.3 is 0 Å². The molecule has 4 heteroatoms. The van der Waals surface area contributed by atoms with Crippen molar-refractivity contribution in [1.82, 2.24) is 14.9 Å². The van der Waals surface area contributed by atoms with Crippen molar-refractivity contribution in [1.29, 1.82) is 0 Å². The minimum absolute atomic E-state index is 0.506. The molecule has 0 saturated carbocycles. The number of halogens is 1. The third kappa shape index (κ3) is 4.30. The Balaban J connectivity index is 2.00. The van der Waals surface area contributed by atoms with Gasteiger partial charge in [-0.15, -0.1) is 0 Å². The summed E-state index contributed by atoms with van der Waals surface area (Å²) in [5, 5.41) is 0.506. The van der Waals surface area contributed by atoms with Crippen LogP contribution in [-0.2, 0) is 13.1 Å². The molecule has 19 heavy (non-hydrogen) atoms. The van der Waals surface area contributed by atoms with E-state index in [2.05, 4.69) is 53.1 Å². The van der Waals surface area contributed by atoms with Crippen LogP contribution < -0.4 is 0 Å². The fraction of sp³-hybridized carbons (Fsp3) is 0.333. The Hall–Kier alpha value is -1.45. The number of aromatic nitrogens is 2. The molecule has 1 heterocycles. The zero-order valence-corrected chi connectivity index (χ0v) is 12.3. The predicted molar refractivity (Wildman–Crippen MR) is 78.1 cm³/mol. The Morgan fingerprint density at radius 2 is 1.74 bits per heavy atom. The van der Waals surface area contributed by atoms with Gasteiger partial charge < -0.3 is 0 Å². The van der Waals surface area contributed by atoms with Gasteiger partial charge in [-0.2, -0.15) is 0 Å². The average molecular weight is 276 g/mol. The summed E-state index contributed by atoms with van der Waals surface area (Å²) in [5.74, 6) is 0.764. The van der Waals surface area contributed by atoms with E-state index in [9.17, 15) is 0 Å². The largest absolute Gasteiger partial charge is 0.295 e. The van der Waals surface area contributed by atoms with E-state index < -0.39 is 0 Å². The summed E-state index contributed by atoms with van der Waals surface area (Å²) in [5.41, 5.74) is 3.46. The van der Waals surface area contributed by atoms with Crippen LogP contribution in [0.4, 0.5) is 0 Å². The number of hydrogen-bond donors (Lipinski definition) is 0. The number of hydrogen-bond acceptors (Lipinski definition) is 3. The average Bonchev–Trinajstić information content (AvgIpc) is 2.30. The third-order valence-corrected chi connectivity index (χ3v) is 3.05. The van der Waals surface area contributed by atoms with Crippen LogP contribution in [0, 0.1) is 13.8 Å². The van der Waals surface area contributed by atoms with E-state index >= 15 is 0 Å². The molecular formula is C15H18ClN3. The highest BCUT2D eigenvalue weighted by Crippen LogP contribution is 2.10. The van der Waals surface area contributed by atoms with Crippen LogP contribution in [-0.4, -0.2) is 21.9 Å². The SMILES string of the molecule is Cc1ccc(CN(C)Cc2nc(C)cc(Cl)n2)cc1. The van der Waals surface area contributed by atoms with E-state index in [1.54, 1.807) is 6.07 Å². The molecule has 0 aliphatic carbocycles. The number of rotatable bonds is 4. The number of benzene rings is 1. The Morgan fingerprint density at radius 1 is 1.05 bits per heavy atom. The van der Waals surface area contributed by atoms with Crippen LogP contribution in [0.15, 0.2) is 30.3 Å². The highest BCUT2D eigenvalue weighted by atomic mass is 35.5. The zero-order valence-electron chi connectivity index (χ0n) is 11.5. The summed E-state index contributed by atoms with van der Waals surface area (Å²) >= 11 is 5.94. The van der Waals surface area contributed by atoms with Gasteiger partial charge in [0.2, 0.25) is 0 Å². The smallest absolute Gasteiger partial charge is 0.144 e. The summed E-state index contributed by atoms with van der Waals surface area (Å²) < 4.78 is 0. The highest BCUT2D eigenvalue weighted by molar-refractivity contribution is 6.29. The van der Waals surface area contributed by atoms with Crippen molar-refractivity contribution in [2.24, 2.45) is 0 Å². The summed E-state index contributed by atoms with van der Waals surface area (Å²) in [6.45, 7) is 5.58. The lowest BCUT2D eigenvalue weighted by molar-refractivity contribution is 0.310. The van der Waals surface area contributed by atoms with Gasteiger partial charge in [0.25, 0.3) is 0 Å². The van der Waals surface area contributed by atoms with E-state index in [1.165, 1.54) is 11.1 Å². The zero-order chi connectivity index (χ0) is 13.8. The molecule has 100 valence electrons. The van der Waals surface area contributed by atoms with Crippen molar-refractivity contribution in [2.45, 2.75) is 26.9 Å². The Bertz CT molecular complexity index is 532. The second-order valence-corrected chi connectivity index (χ2v) is 5.29. The molecule has 0 unspecified atom stereocenters. The van der Waals surface area contributed by atoms with Crippen LogP contribution in [0.3, 0.4) is 0 Å². The molecule has 3 nitrogen and oxygen atoms in total. The van der Waals surface area contributed by atoms with Gasteiger partial charge in [0.05, 0.1) is 6.54 Å². The molecule has 0 saturated heterocycles. The Morgan fingerprint density at radius 3 is 2.37 bits per heavy atom. The molecule has 0 bridgehead atoms. The lowest BCUT2D eigenvalue weighted by Crippen LogP contribution is -2.19. The first-order valence-electron chi connectivity index (χ1n) is 6.27. The summed E-state index contributed by atoms with van der Waals surface area (Å²) in [6, 6.07) is 10.3. The monoisotopic (exact) mass is 275 g/mol. The molecule has 0 amide bonds.